The van der Waals surface area contributed by atoms with Crippen LogP contribution in [0, 0.1) is 5.41 Å². The Morgan fingerprint density at radius 3 is 2.48 bits per heavy atom. The molecule has 0 unspecified atom stereocenters. The number of likely N-dealkylation sites (N-methyl/N-ethyl adjacent to an activating group) is 1. The lowest BCUT2D eigenvalue weighted by atomic mass is 9.88. The van der Waals surface area contributed by atoms with E-state index in [-0.39, 0.29) is 41.6 Å². The van der Waals surface area contributed by atoms with E-state index in [1.165, 1.54) is 12.3 Å². The fraction of sp³-hybridized carbons (Fsp3) is 0.448. The van der Waals surface area contributed by atoms with Gasteiger partial charge in [0, 0.05) is 38.7 Å². The SMILES string of the molecule is CCOc1ncc(Cl)cc1C(=O)NCC(C)(C)CC(=O)Nc1c(CCN(C)C)n(CC)n(-c2ccccc2)c1=O. The number of hydrogen-bond donors (Lipinski definition) is 2. The molecule has 1 aromatic carbocycles. The highest BCUT2D eigenvalue weighted by atomic mass is 35.5. The number of amides is 2. The van der Waals surface area contributed by atoms with Crippen molar-refractivity contribution in [3.63, 3.8) is 0 Å². The molecule has 0 aliphatic carbocycles. The minimum absolute atomic E-state index is 0.0780. The van der Waals surface area contributed by atoms with Gasteiger partial charge in [-0.25, -0.2) is 9.67 Å². The zero-order chi connectivity index (χ0) is 29.4. The zero-order valence-corrected chi connectivity index (χ0v) is 24.8. The zero-order valence-electron chi connectivity index (χ0n) is 24.1. The van der Waals surface area contributed by atoms with Crippen molar-refractivity contribution in [3.05, 3.63) is 69.2 Å². The van der Waals surface area contributed by atoms with Gasteiger partial charge >= 0.3 is 0 Å². The Kier molecular flexibility index (Phi) is 10.5. The lowest BCUT2D eigenvalue weighted by Gasteiger charge is -2.24. The number of ether oxygens (including phenoxy) is 1. The third kappa shape index (κ3) is 7.73. The van der Waals surface area contributed by atoms with Crippen molar-refractivity contribution in [3.8, 4) is 11.6 Å². The summed E-state index contributed by atoms with van der Waals surface area (Å²) in [5.41, 5.74) is 1.10. The van der Waals surface area contributed by atoms with E-state index in [9.17, 15) is 14.4 Å². The molecule has 3 rings (SSSR count). The first-order valence-electron chi connectivity index (χ1n) is 13.4. The number of para-hydroxylation sites is 1. The van der Waals surface area contributed by atoms with Crippen LogP contribution in [0.3, 0.4) is 0 Å². The second-order valence-corrected chi connectivity index (χ2v) is 11.0. The Hall–Kier alpha value is -3.63. The van der Waals surface area contributed by atoms with Crippen molar-refractivity contribution in [1.82, 2.24) is 24.6 Å². The summed E-state index contributed by atoms with van der Waals surface area (Å²) in [6.07, 6.45) is 2.08. The molecule has 2 heterocycles. The lowest BCUT2D eigenvalue weighted by Crippen LogP contribution is -2.37. The van der Waals surface area contributed by atoms with E-state index < -0.39 is 11.3 Å². The van der Waals surface area contributed by atoms with Gasteiger partial charge in [-0.2, -0.15) is 0 Å². The summed E-state index contributed by atoms with van der Waals surface area (Å²) in [5, 5.41) is 6.08. The van der Waals surface area contributed by atoms with Gasteiger partial charge in [0.1, 0.15) is 11.3 Å². The number of carbonyl (C=O) groups excluding carboxylic acids is 2. The van der Waals surface area contributed by atoms with Crippen molar-refractivity contribution in [2.24, 2.45) is 5.41 Å². The minimum Gasteiger partial charge on any atom is -0.477 e. The number of carbonyl (C=O) groups is 2. The highest BCUT2D eigenvalue weighted by molar-refractivity contribution is 6.30. The number of anilines is 1. The van der Waals surface area contributed by atoms with Crippen LogP contribution in [0.1, 0.15) is 50.2 Å². The van der Waals surface area contributed by atoms with Gasteiger partial charge in [-0.3, -0.25) is 19.1 Å². The molecular formula is C29H39ClN6O4. The highest BCUT2D eigenvalue weighted by Gasteiger charge is 2.27. The Labute approximate surface area is 240 Å². The third-order valence-corrected chi connectivity index (χ3v) is 6.53. The molecule has 0 saturated carbocycles. The molecule has 10 nitrogen and oxygen atoms in total. The monoisotopic (exact) mass is 570 g/mol. The molecule has 0 atom stereocenters. The molecule has 2 aromatic heterocycles. The summed E-state index contributed by atoms with van der Waals surface area (Å²) in [6, 6.07) is 10.9. The van der Waals surface area contributed by atoms with Crippen LogP contribution in [-0.4, -0.2) is 64.9 Å². The predicted octanol–water partition coefficient (Wildman–Crippen LogP) is 3.99. The molecule has 216 valence electrons. The third-order valence-electron chi connectivity index (χ3n) is 6.32. The predicted molar refractivity (Wildman–Crippen MR) is 158 cm³/mol. The highest BCUT2D eigenvalue weighted by Crippen LogP contribution is 2.24. The van der Waals surface area contributed by atoms with Crippen LogP contribution >= 0.6 is 11.6 Å². The quantitative estimate of drug-likeness (QED) is 0.321. The van der Waals surface area contributed by atoms with Gasteiger partial charge in [-0.15, -0.1) is 0 Å². The molecule has 0 bridgehead atoms. The Balaban J connectivity index is 1.79. The number of nitrogens with one attached hydrogen (secondary N) is 2. The van der Waals surface area contributed by atoms with E-state index in [1.807, 2.05) is 74.8 Å². The Bertz CT molecular complexity index is 1380. The first-order chi connectivity index (χ1) is 19.0. The standard InChI is InChI=1S/C29H39ClN6O4/c1-7-35-23(14-15-34(5)6)25(28(39)36(35)21-12-10-9-11-13-21)33-24(37)17-29(3,4)19-32-26(38)22-16-20(30)18-31-27(22)40-8-2/h9-13,16,18H,7-8,14-15,17,19H2,1-6H3,(H,32,38)(H,33,37). The summed E-state index contributed by atoms with van der Waals surface area (Å²) in [6.45, 7) is 9.34. The summed E-state index contributed by atoms with van der Waals surface area (Å²) < 4.78 is 8.98. The van der Waals surface area contributed by atoms with Gasteiger partial charge in [0.25, 0.3) is 11.5 Å². The molecule has 0 aliphatic rings. The lowest BCUT2D eigenvalue weighted by molar-refractivity contribution is -0.118. The van der Waals surface area contributed by atoms with Crippen molar-refractivity contribution in [1.29, 1.82) is 0 Å². The smallest absolute Gasteiger partial charge is 0.295 e. The van der Waals surface area contributed by atoms with Crippen molar-refractivity contribution < 1.29 is 14.3 Å². The van der Waals surface area contributed by atoms with E-state index >= 15 is 0 Å². The van der Waals surface area contributed by atoms with E-state index in [0.29, 0.717) is 31.1 Å². The number of halogens is 1. The summed E-state index contributed by atoms with van der Waals surface area (Å²) in [5.74, 6) is -0.514. The van der Waals surface area contributed by atoms with Crippen LogP contribution in [0.25, 0.3) is 5.69 Å². The van der Waals surface area contributed by atoms with E-state index in [4.69, 9.17) is 16.3 Å². The topological polar surface area (TPSA) is 110 Å². The average molecular weight is 571 g/mol. The van der Waals surface area contributed by atoms with Gasteiger partial charge < -0.3 is 20.3 Å². The fourth-order valence-corrected chi connectivity index (χ4v) is 4.55. The maximum absolute atomic E-state index is 13.6. The molecule has 3 aromatic rings. The van der Waals surface area contributed by atoms with Crippen molar-refractivity contribution >= 4 is 29.1 Å². The van der Waals surface area contributed by atoms with Crippen molar-refractivity contribution in [2.45, 2.75) is 47.1 Å². The number of benzene rings is 1. The number of rotatable bonds is 13. The normalized spacial score (nSPS) is 11.5. The first kappa shape index (κ1) is 30.9. The molecule has 0 fully saturated rings. The van der Waals surface area contributed by atoms with Crippen LogP contribution in [-0.2, 0) is 17.8 Å². The maximum Gasteiger partial charge on any atom is 0.295 e. The minimum atomic E-state index is -0.618. The van der Waals surface area contributed by atoms with Crippen LogP contribution in [0.5, 0.6) is 5.88 Å². The number of hydrogen-bond acceptors (Lipinski definition) is 6. The van der Waals surface area contributed by atoms with Gasteiger partial charge in [-0.05, 0) is 51.6 Å². The van der Waals surface area contributed by atoms with Crippen molar-refractivity contribution in [2.75, 3.05) is 39.1 Å². The fourth-order valence-electron chi connectivity index (χ4n) is 4.39. The molecular weight excluding hydrogens is 532 g/mol. The van der Waals surface area contributed by atoms with Gasteiger partial charge in [0.05, 0.1) is 23.0 Å². The second-order valence-electron chi connectivity index (χ2n) is 10.6. The number of pyridine rings is 1. The Morgan fingerprint density at radius 1 is 1.15 bits per heavy atom. The van der Waals surface area contributed by atoms with E-state index in [0.717, 1.165) is 11.4 Å². The molecule has 11 heteroatoms. The molecule has 2 N–H and O–H groups in total. The van der Waals surface area contributed by atoms with Crippen LogP contribution < -0.4 is 20.9 Å². The van der Waals surface area contributed by atoms with E-state index in [2.05, 4.69) is 15.6 Å². The summed E-state index contributed by atoms with van der Waals surface area (Å²) >= 11 is 6.04. The average Bonchev–Trinajstić information content (AvgIpc) is 3.17. The Morgan fingerprint density at radius 2 is 1.85 bits per heavy atom. The van der Waals surface area contributed by atoms with Gasteiger partial charge in [-0.1, -0.05) is 43.6 Å². The summed E-state index contributed by atoms with van der Waals surface area (Å²) in [7, 11) is 3.93. The molecule has 0 aliphatic heterocycles. The van der Waals surface area contributed by atoms with E-state index in [1.54, 1.807) is 11.6 Å². The second kappa shape index (κ2) is 13.6. The first-order valence-corrected chi connectivity index (χ1v) is 13.8. The molecule has 40 heavy (non-hydrogen) atoms. The maximum atomic E-state index is 13.6. The molecule has 0 spiro atoms. The molecule has 2 amide bonds. The van der Waals surface area contributed by atoms with Gasteiger partial charge in [0.15, 0.2) is 0 Å². The van der Waals surface area contributed by atoms with Crippen LogP contribution in [0.4, 0.5) is 5.69 Å². The van der Waals surface area contributed by atoms with Crippen LogP contribution in [0.15, 0.2) is 47.4 Å². The number of aromatic nitrogens is 3. The largest absolute Gasteiger partial charge is 0.477 e. The molecule has 0 radical (unpaired) electrons. The number of nitrogens with zero attached hydrogens (tertiary/aromatic N) is 4. The van der Waals surface area contributed by atoms with Crippen LogP contribution in [0.2, 0.25) is 5.02 Å². The van der Waals surface area contributed by atoms with Gasteiger partial charge in [0.2, 0.25) is 11.8 Å². The molecule has 0 saturated heterocycles. The summed E-state index contributed by atoms with van der Waals surface area (Å²) in [4.78, 5) is 45.9.